The average molecular weight is 350 g/mol. The standard InChI is InChI=1S/C18H31N3O2Si/c1-18(2,3)24(4,5)23-15-10-11-16(19-14-15)20-17(22)21-12-8-6-7-9-13-21/h10-11,14H,6-9,12-13H2,1-5H3,(H,19,20,22). The second-order valence-corrected chi connectivity index (χ2v) is 12.8. The Morgan fingerprint density at radius 3 is 2.29 bits per heavy atom. The molecular formula is C18H31N3O2Si. The van der Waals surface area contributed by atoms with Gasteiger partial charge in [0.1, 0.15) is 11.6 Å². The number of pyridine rings is 1. The number of anilines is 1. The van der Waals surface area contributed by atoms with Crippen LogP contribution in [0.3, 0.4) is 0 Å². The molecule has 0 aliphatic carbocycles. The fraction of sp³-hybridized carbons (Fsp3) is 0.667. The molecule has 134 valence electrons. The minimum Gasteiger partial charge on any atom is -0.542 e. The van der Waals surface area contributed by atoms with E-state index in [1.165, 1.54) is 12.8 Å². The second-order valence-electron chi connectivity index (χ2n) is 8.07. The first-order valence-electron chi connectivity index (χ1n) is 8.90. The third-order valence-electron chi connectivity index (χ3n) is 5.04. The van der Waals surface area contributed by atoms with Gasteiger partial charge in [0.05, 0.1) is 6.20 Å². The number of amides is 2. The quantitative estimate of drug-likeness (QED) is 0.792. The smallest absolute Gasteiger partial charge is 0.323 e. The molecule has 2 heterocycles. The van der Waals surface area contributed by atoms with Gasteiger partial charge in [-0.3, -0.25) is 5.32 Å². The summed E-state index contributed by atoms with van der Waals surface area (Å²) >= 11 is 0. The highest BCUT2D eigenvalue weighted by Crippen LogP contribution is 2.37. The lowest BCUT2D eigenvalue weighted by molar-refractivity contribution is 0.213. The molecule has 1 aromatic rings. The van der Waals surface area contributed by atoms with Gasteiger partial charge in [-0.1, -0.05) is 33.6 Å². The minimum atomic E-state index is -1.86. The largest absolute Gasteiger partial charge is 0.542 e. The maximum absolute atomic E-state index is 12.3. The third kappa shape index (κ3) is 4.96. The first kappa shape index (κ1) is 18.8. The summed E-state index contributed by atoms with van der Waals surface area (Å²) in [4.78, 5) is 18.5. The Kier molecular flexibility index (Phi) is 5.90. The molecule has 0 saturated carbocycles. The summed E-state index contributed by atoms with van der Waals surface area (Å²) in [7, 11) is -1.86. The maximum Gasteiger partial charge on any atom is 0.323 e. The molecule has 2 rings (SSSR count). The van der Waals surface area contributed by atoms with Crippen molar-refractivity contribution >= 4 is 20.2 Å². The van der Waals surface area contributed by atoms with Crippen LogP contribution in [0.5, 0.6) is 5.75 Å². The zero-order chi connectivity index (χ0) is 17.8. The fourth-order valence-corrected chi connectivity index (χ4v) is 3.44. The number of nitrogens with zero attached hydrogens (tertiary/aromatic N) is 2. The highest BCUT2D eigenvalue weighted by molar-refractivity contribution is 6.74. The van der Waals surface area contributed by atoms with E-state index in [9.17, 15) is 4.79 Å². The maximum atomic E-state index is 12.3. The van der Waals surface area contributed by atoms with E-state index in [-0.39, 0.29) is 11.1 Å². The number of nitrogens with one attached hydrogen (secondary N) is 1. The van der Waals surface area contributed by atoms with Gasteiger partial charge >= 0.3 is 6.03 Å². The van der Waals surface area contributed by atoms with Crippen molar-refractivity contribution in [2.75, 3.05) is 18.4 Å². The monoisotopic (exact) mass is 349 g/mol. The lowest BCUT2D eigenvalue weighted by Gasteiger charge is -2.36. The van der Waals surface area contributed by atoms with Crippen LogP contribution in [0.4, 0.5) is 10.6 Å². The minimum absolute atomic E-state index is 0.0533. The van der Waals surface area contributed by atoms with Crippen LogP contribution >= 0.6 is 0 Å². The van der Waals surface area contributed by atoms with Gasteiger partial charge in [-0.05, 0) is 43.1 Å². The number of aromatic nitrogens is 1. The molecule has 1 N–H and O–H groups in total. The molecule has 1 aliphatic rings. The summed E-state index contributed by atoms with van der Waals surface area (Å²) < 4.78 is 6.21. The van der Waals surface area contributed by atoms with Crippen LogP contribution in [0.15, 0.2) is 18.3 Å². The summed E-state index contributed by atoms with van der Waals surface area (Å²) in [6.07, 6.45) is 6.29. The zero-order valence-electron chi connectivity index (χ0n) is 15.7. The molecule has 1 fully saturated rings. The Hall–Kier alpha value is -1.56. The molecule has 1 aromatic heterocycles. The molecule has 0 atom stereocenters. The van der Waals surface area contributed by atoms with Crippen molar-refractivity contribution in [1.29, 1.82) is 0 Å². The summed E-state index contributed by atoms with van der Waals surface area (Å²) in [6, 6.07) is 3.66. The summed E-state index contributed by atoms with van der Waals surface area (Å²) in [6.45, 7) is 12.7. The van der Waals surface area contributed by atoms with E-state index in [4.69, 9.17) is 4.43 Å². The average Bonchev–Trinajstić information content (AvgIpc) is 2.77. The third-order valence-corrected chi connectivity index (χ3v) is 9.40. The van der Waals surface area contributed by atoms with Crippen molar-refractivity contribution < 1.29 is 9.22 Å². The van der Waals surface area contributed by atoms with Crippen LogP contribution in [0.1, 0.15) is 46.5 Å². The Balaban J connectivity index is 1.95. The first-order valence-corrected chi connectivity index (χ1v) is 11.8. The van der Waals surface area contributed by atoms with Crippen LogP contribution in [0.25, 0.3) is 0 Å². The lowest BCUT2D eigenvalue weighted by atomic mass is 10.2. The molecule has 6 heteroatoms. The highest BCUT2D eigenvalue weighted by atomic mass is 28.4. The van der Waals surface area contributed by atoms with Gasteiger partial charge in [-0.15, -0.1) is 0 Å². The number of carbonyl (C=O) groups is 1. The molecule has 0 spiro atoms. The fourth-order valence-electron chi connectivity index (χ4n) is 2.42. The van der Waals surface area contributed by atoms with Crippen LogP contribution in [-0.2, 0) is 0 Å². The molecule has 24 heavy (non-hydrogen) atoms. The summed E-state index contributed by atoms with van der Waals surface area (Å²) in [5, 5.41) is 3.04. The van der Waals surface area contributed by atoms with Crippen molar-refractivity contribution in [3.8, 4) is 5.75 Å². The van der Waals surface area contributed by atoms with Gasteiger partial charge in [0.25, 0.3) is 8.32 Å². The number of likely N-dealkylation sites (tertiary alicyclic amines) is 1. The van der Waals surface area contributed by atoms with Gasteiger partial charge in [0, 0.05) is 13.1 Å². The SMILES string of the molecule is CC(C)(C)[Si](C)(C)Oc1ccc(NC(=O)N2CCCCCC2)nc1. The molecule has 1 saturated heterocycles. The zero-order valence-corrected chi connectivity index (χ0v) is 16.7. The Morgan fingerprint density at radius 1 is 1.17 bits per heavy atom. The van der Waals surface area contributed by atoms with Crippen molar-refractivity contribution in [3.05, 3.63) is 18.3 Å². The molecule has 2 amide bonds. The van der Waals surface area contributed by atoms with Crippen molar-refractivity contribution in [2.45, 2.75) is 64.6 Å². The van der Waals surface area contributed by atoms with Crippen LogP contribution in [0, 0.1) is 0 Å². The molecule has 5 nitrogen and oxygen atoms in total. The van der Waals surface area contributed by atoms with Crippen molar-refractivity contribution in [2.24, 2.45) is 0 Å². The van der Waals surface area contributed by atoms with Gasteiger partial charge in [0.2, 0.25) is 0 Å². The molecule has 0 unspecified atom stereocenters. The number of hydrogen-bond acceptors (Lipinski definition) is 3. The highest BCUT2D eigenvalue weighted by Gasteiger charge is 2.39. The van der Waals surface area contributed by atoms with Crippen LogP contribution < -0.4 is 9.74 Å². The van der Waals surface area contributed by atoms with E-state index < -0.39 is 8.32 Å². The number of carbonyl (C=O) groups excluding carboxylic acids is 1. The number of urea groups is 1. The van der Waals surface area contributed by atoms with Gasteiger partial charge < -0.3 is 9.33 Å². The van der Waals surface area contributed by atoms with E-state index in [0.29, 0.717) is 5.82 Å². The van der Waals surface area contributed by atoms with Gasteiger partial charge in [-0.25, -0.2) is 9.78 Å². The van der Waals surface area contributed by atoms with Crippen LogP contribution in [0.2, 0.25) is 18.1 Å². The lowest BCUT2D eigenvalue weighted by Crippen LogP contribution is -2.43. The van der Waals surface area contributed by atoms with Crippen molar-refractivity contribution in [3.63, 3.8) is 0 Å². The Bertz CT molecular complexity index is 544. The first-order chi connectivity index (χ1) is 11.2. The van der Waals surface area contributed by atoms with E-state index in [0.717, 1.165) is 31.7 Å². The molecule has 1 aliphatic heterocycles. The Labute approximate surface area is 146 Å². The summed E-state index contributed by atoms with van der Waals surface area (Å²) in [5.74, 6) is 1.35. The van der Waals surface area contributed by atoms with Gasteiger partial charge in [-0.2, -0.15) is 0 Å². The normalized spacial score (nSPS) is 16.5. The molecule has 0 radical (unpaired) electrons. The predicted octanol–water partition coefficient (Wildman–Crippen LogP) is 4.87. The van der Waals surface area contributed by atoms with Crippen LogP contribution in [-0.4, -0.2) is 37.3 Å². The summed E-state index contributed by atoms with van der Waals surface area (Å²) in [5.41, 5.74) is 0. The van der Waals surface area contributed by atoms with E-state index in [1.807, 2.05) is 17.0 Å². The van der Waals surface area contributed by atoms with Crippen molar-refractivity contribution in [1.82, 2.24) is 9.88 Å². The van der Waals surface area contributed by atoms with E-state index >= 15 is 0 Å². The van der Waals surface area contributed by atoms with E-state index in [2.05, 4.69) is 44.2 Å². The van der Waals surface area contributed by atoms with Gasteiger partial charge in [0.15, 0.2) is 0 Å². The molecule has 0 bridgehead atoms. The Morgan fingerprint density at radius 2 is 1.79 bits per heavy atom. The number of rotatable bonds is 3. The number of hydrogen-bond donors (Lipinski definition) is 1. The molecule has 0 aromatic carbocycles. The topological polar surface area (TPSA) is 54.5 Å². The second kappa shape index (κ2) is 7.55. The molecular weight excluding hydrogens is 318 g/mol. The predicted molar refractivity (Wildman–Crippen MR) is 101 cm³/mol. The van der Waals surface area contributed by atoms with E-state index in [1.54, 1.807) is 6.20 Å².